The van der Waals surface area contributed by atoms with Crippen molar-refractivity contribution in [3.05, 3.63) is 41.3 Å². The summed E-state index contributed by atoms with van der Waals surface area (Å²) in [5.74, 6) is 0. The molecule has 0 atom stereocenters. The zero-order chi connectivity index (χ0) is 13.6. The molecule has 1 aliphatic heterocycles. The van der Waals surface area contributed by atoms with Crippen LogP contribution in [0, 0.1) is 0 Å². The first kappa shape index (κ1) is 14.3. The van der Waals surface area contributed by atoms with E-state index >= 15 is 0 Å². The van der Waals surface area contributed by atoms with E-state index < -0.39 is 10.0 Å². The van der Waals surface area contributed by atoms with Gasteiger partial charge in [-0.3, -0.25) is 0 Å². The van der Waals surface area contributed by atoms with Crippen molar-refractivity contribution < 1.29 is 8.42 Å². The summed E-state index contributed by atoms with van der Waals surface area (Å²) in [4.78, 5) is 0. The van der Waals surface area contributed by atoms with Crippen LogP contribution in [0.2, 0.25) is 0 Å². The van der Waals surface area contributed by atoms with Gasteiger partial charge >= 0.3 is 0 Å². The maximum Gasteiger partial charge on any atom is 0.236 e. The first-order valence-corrected chi connectivity index (χ1v) is 8.42. The summed E-state index contributed by atoms with van der Waals surface area (Å²) in [6.07, 6.45) is 7.11. The molecule has 1 saturated heterocycles. The van der Waals surface area contributed by atoms with Crippen molar-refractivity contribution in [2.24, 2.45) is 0 Å². The number of hydrogen-bond acceptors (Lipinski definition) is 2. The van der Waals surface area contributed by atoms with Crippen LogP contribution in [0.15, 0.2) is 35.7 Å². The molecule has 0 bridgehead atoms. The Balaban J connectivity index is 2.06. The Morgan fingerprint density at radius 2 is 1.47 bits per heavy atom. The van der Waals surface area contributed by atoms with Crippen molar-refractivity contribution in [2.45, 2.75) is 32.1 Å². The van der Waals surface area contributed by atoms with Gasteiger partial charge in [0.05, 0.1) is 0 Å². The molecule has 0 unspecified atom stereocenters. The fraction of sp³-hybridized carbons (Fsp3) is 0.467. The molecule has 0 aliphatic carbocycles. The molecule has 1 aliphatic rings. The van der Waals surface area contributed by atoms with Crippen LogP contribution in [-0.2, 0) is 10.0 Å². The summed E-state index contributed by atoms with van der Waals surface area (Å²) < 4.78 is 26.1. The van der Waals surface area contributed by atoms with Crippen LogP contribution in [0.5, 0.6) is 0 Å². The first-order chi connectivity index (χ1) is 9.18. The predicted molar refractivity (Wildman–Crippen MR) is 79.1 cm³/mol. The Morgan fingerprint density at radius 1 is 0.895 bits per heavy atom. The molecule has 4 heteroatoms. The Morgan fingerprint density at radius 3 is 2.11 bits per heavy atom. The minimum absolute atomic E-state index is 0.654. The third kappa shape index (κ3) is 4.48. The summed E-state index contributed by atoms with van der Waals surface area (Å²) in [6, 6.07) is 9.54. The average Bonchev–Trinajstić information content (AvgIpc) is 2.37. The second-order valence-corrected chi connectivity index (χ2v) is 6.74. The Kier molecular flexibility index (Phi) is 5.16. The molecule has 0 N–H and O–H groups in total. The van der Waals surface area contributed by atoms with Crippen molar-refractivity contribution >= 4 is 16.1 Å². The highest BCUT2D eigenvalue weighted by molar-refractivity contribution is 7.92. The zero-order valence-electron chi connectivity index (χ0n) is 11.2. The van der Waals surface area contributed by atoms with Crippen LogP contribution in [-0.4, -0.2) is 25.8 Å². The second kappa shape index (κ2) is 6.87. The van der Waals surface area contributed by atoms with Gasteiger partial charge in [0.2, 0.25) is 10.0 Å². The molecule has 1 heterocycles. The third-order valence-corrected chi connectivity index (χ3v) is 4.97. The summed E-state index contributed by atoms with van der Waals surface area (Å²) >= 11 is 0. The van der Waals surface area contributed by atoms with Gasteiger partial charge in [0.1, 0.15) is 0 Å². The topological polar surface area (TPSA) is 37.4 Å². The largest absolute Gasteiger partial charge is 0.236 e. The summed E-state index contributed by atoms with van der Waals surface area (Å²) in [5, 5.41) is 1.34. The summed E-state index contributed by atoms with van der Waals surface area (Å²) in [7, 11) is -3.27. The molecule has 19 heavy (non-hydrogen) atoms. The van der Waals surface area contributed by atoms with Gasteiger partial charge in [-0.1, -0.05) is 49.6 Å². The van der Waals surface area contributed by atoms with E-state index in [-0.39, 0.29) is 0 Å². The van der Waals surface area contributed by atoms with E-state index in [1.807, 2.05) is 30.3 Å². The van der Waals surface area contributed by atoms with Crippen LogP contribution >= 0.6 is 0 Å². The SMILES string of the molecule is O=S(=O)(/C=C/c1ccccc1)N1CCCCCCC1. The van der Waals surface area contributed by atoms with Gasteiger partial charge < -0.3 is 0 Å². The van der Waals surface area contributed by atoms with Gasteiger partial charge in [0.25, 0.3) is 0 Å². The van der Waals surface area contributed by atoms with E-state index in [4.69, 9.17) is 0 Å². The lowest BCUT2D eigenvalue weighted by molar-refractivity contribution is 0.368. The first-order valence-electron chi connectivity index (χ1n) is 6.92. The number of rotatable bonds is 3. The molecule has 104 valence electrons. The van der Waals surface area contributed by atoms with Crippen LogP contribution in [0.3, 0.4) is 0 Å². The predicted octanol–water partition coefficient (Wildman–Crippen LogP) is 3.25. The molecule has 2 rings (SSSR count). The lowest BCUT2D eigenvalue weighted by atomic mass is 10.1. The van der Waals surface area contributed by atoms with E-state index in [0.29, 0.717) is 13.1 Å². The molecule has 0 aromatic heterocycles. The highest BCUT2D eigenvalue weighted by Gasteiger charge is 2.19. The molecule has 3 nitrogen and oxygen atoms in total. The highest BCUT2D eigenvalue weighted by Crippen LogP contribution is 2.15. The maximum absolute atomic E-state index is 12.3. The molecule has 0 radical (unpaired) electrons. The van der Waals surface area contributed by atoms with Gasteiger partial charge in [-0.05, 0) is 24.5 Å². The Bertz CT molecular complexity index is 500. The normalized spacial score (nSPS) is 19.2. The molecule has 0 spiro atoms. The average molecular weight is 279 g/mol. The van der Waals surface area contributed by atoms with Crippen molar-refractivity contribution in [3.63, 3.8) is 0 Å². The number of hydrogen-bond donors (Lipinski definition) is 0. The smallest absolute Gasteiger partial charge is 0.208 e. The van der Waals surface area contributed by atoms with Crippen molar-refractivity contribution in [3.8, 4) is 0 Å². The van der Waals surface area contributed by atoms with Crippen LogP contribution in [0.25, 0.3) is 6.08 Å². The van der Waals surface area contributed by atoms with Crippen LogP contribution in [0.1, 0.15) is 37.7 Å². The second-order valence-electron chi connectivity index (χ2n) is 4.93. The standard InChI is InChI=1S/C15H21NO2S/c17-19(18,14-11-15-9-5-4-6-10-15)16-12-7-2-1-3-8-13-16/h4-6,9-11,14H,1-3,7-8,12-13H2/b14-11+. The maximum atomic E-state index is 12.3. The van der Waals surface area contributed by atoms with Gasteiger partial charge in [-0.15, -0.1) is 0 Å². The number of sulfonamides is 1. The van der Waals surface area contributed by atoms with E-state index in [2.05, 4.69) is 0 Å². The lowest BCUT2D eigenvalue weighted by Gasteiger charge is -2.22. The minimum atomic E-state index is -3.27. The minimum Gasteiger partial charge on any atom is -0.208 e. The number of benzene rings is 1. The van der Waals surface area contributed by atoms with E-state index in [1.54, 1.807) is 10.4 Å². The molecule has 1 aromatic rings. The Hall–Kier alpha value is -1.13. The lowest BCUT2D eigenvalue weighted by Crippen LogP contribution is -2.32. The van der Waals surface area contributed by atoms with Gasteiger partial charge in [-0.2, -0.15) is 4.31 Å². The van der Waals surface area contributed by atoms with Crippen LogP contribution in [0.4, 0.5) is 0 Å². The van der Waals surface area contributed by atoms with Crippen LogP contribution < -0.4 is 0 Å². The molecule has 1 aromatic carbocycles. The molecule has 0 saturated carbocycles. The summed E-state index contributed by atoms with van der Waals surface area (Å²) in [6.45, 7) is 1.31. The monoisotopic (exact) mass is 279 g/mol. The molecule has 0 amide bonds. The third-order valence-electron chi connectivity index (χ3n) is 3.41. The Labute approximate surface area is 116 Å². The van der Waals surface area contributed by atoms with E-state index in [9.17, 15) is 8.42 Å². The van der Waals surface area contributed by atoms with Crippen molar-refractivity contribution in [1.82, 2.24) is 4.31 Å². The zero-order valence-corrected chi connectivity index (χ0v) is 12.0. The van der Waals surface area contributed by atoms with Crippen molar-refractivity contribution in [2.75, 3.05) is 13.1 Å². The summed E-state index contributed by atoms with van der Waals surface area (Å²) in [5.41, 5.74) is 0.915. The number of nitrogens with zero attached hydrogens (tertiary/aromatic N) is 1. The fourth-order valence-corrected chi connectivity index (χ4v) is 3.56. The van der Waals surface area contributed by atoms with Gasteiger partial charge in [0, 0.05) is 18.5 Å². The van der Waals surface area contributed by atoms with Crippen molar-refractivity contribution in [1.29, 1.82) is 0 Å². The molecular formula is C15H21NO2S. The fourth-order valence-electron chi connectivity index (χ4n) is 2.29. The van der Waals surface area contributed by atoms with E-state index in [0.717, 1.165) is 31.2 Å². The van der Waals surface area contributed by atoms with E-state index in [1.165, 1.54) is 11.8 Å². The quantitative estimate of drug-likeness (QED) is 0.851. The highest BCUT2D eigenvalue weighted by atomic mass is 32.2. The van der Waals surface area contributed by atoms with Gasteiger partial charge in [0.15, 0.2) is 0 Å². The molecule has 1 fully saturated rings. The van der Waals surface area contributed by atoms with Gasteiger partial charge in [-0.25, -0.2) is 8.42 Å². The molecular weight excluding hydrogens is 258 g/mol.